The molecule has 2 aromatic rings. The Morgan fingerprint density at radius 2 is 2.24 bits per heavy atom. The highest BCUT2D eigenvalue weighted by molar-refractivity contribution is 7.15. The van der Waals surface area contributed by atoms with Gasteiger partial charge in [0.05, 0.1) is 6.54 Å². The molecule has 0 radical (unpaired) electrons. The van der Waals surface area contributed by atoms with Crippen LogP contribution in [0.25, 0.3) is 4.96 Å². The van der Waals surface area contributed by atoms with Crippen molar-refractivity contribution in [3.8, 4) is 0 Å². The van der Waals surface area contributed by atoms with E-state index < -0.39 is 29.6 Å². The first-order chi connectivity index (χ1) is 9.92. The number of thiazole rings is 1. The second-order valence-electron chi connectivity index (χ2n) is 4.78. The van der Waals surface area contributed by atoms with Crippen LogP contribution in [0.4, 0.5) is 4.39 Å². The minimum absolute atomic E-state index is 0.0482. The van der Waals surface area contributed by atoms with E-state index >= 15 is 0 Å². The van der Waals surface area contributed by atoms with E-state index in [1.165, 1.54) is 21.9 Å². The van der Waals surface area contributed by atoms with Crippen LogP contribution in [0.5, 0.6) is 0 Å². The van der Waals surface area contributed by atoms with E-state index in [1.807, 2.05) is 0 Å². The number of hydrogen-bond acceptors (Lipinski definition) is 5. The van der Waals surface area contributed by atoms with E-state index in [9.17, 15) is 18.8 Å². The number of amides is 1. The summed E-state index contributed by atoms with van der Waals surface area (Å²) in [7, 11) is 0. The van der Waals surface area contributed by atoms with Crippen LogP contribution >= 0.6 is 11.3 Å². The van der Waals surface area contributed by atoms with Gasteiger partial charge < -0.3 is 10.0 Å². The van der Waals surface area contributed by atoms with Crippen molar-refractivity contribution in [3.63, 3.8) is 0 Å². The molecule has 1 N–H and O–H groups in total. The first-order valence-corrected chi connectivity index (χ1v) is 6.97. The summed E-state index contributed by atoms with van der Waals surface area (Å²) in [6.07, 6.45) is 2.35. The zero-order chi connectivity index (χ0) is 15.2. The van der Waals surface area contributed by atoms with Gasteiger partial charge in [-0.2, -0.15) is 0 Å². The normalized spacial score (nSPS) is 21.9. The molecule has 0 spiro atoms. The van der Waals surface area contributed by atoms with Gasteiger partial charge in [0, 0.05) is 30.7 Å². The molecule has 1 saturated heterocycles. The number of rotatable bonds is 2. The van der Waals surface area contributed by atoms with E-state index in [1.54, 1.807) is 5.38 Å². The number of carbonyl (C=O) groups is 2. The lowest BCUT2D eigenvalue weighted by atomic mass is 10.1. The van der Waals surface area contributed by atoms with Crippen molar-refractivity contribution in [2.75, 3.05) is 13.1 Å². The van der Waals surface area contributed by atoms with Crippen LogP contribution in [0.15, 0.2) is 22.6 Å². The maximum Gasteiger partial charge on any atom is 0.343 e. The van der Waals surface area contributed by atoms with Crippen molar-refractivity contribution >= 4 is 28.2 Å². The molecular formula is C12H10FN3O4S. The number of hydrogen-bond donors (Lipinski definition) is 1. The third-order valence-corrected chi connectivity index (χ3v) is 4.23. The molecule has 2 aromatic heterocycles. The monoisotopic (exact) mass is 311 g/mol. The molecule has 0 saturated carbocycles. The second-order valence-corrected chi connectivity index (χ2v) is 5.65. The average Bonchev–Trinajstić information content (AvgIpc) is 3.06. The van der Waals surface area contributed by atoms with E-state index in [4.69, 9.17) is 5.11 Å². The largest absolute Gasteiger partial charge is 0.479 e. The molecular weight excluding hydrogens is 301 g/mol. The number of nitrogens with zero attached hydrogens (tertiary/aromatic N) is 3. The standard InChI is InChI=1S/C12H10FN3O4S/c13-12(10(19)20)1-2-15(6-12)8(17)7-5-14-11-16(9(7)18)3-4-21-11/h3-5H,1-2,6H2,(H,19,20). The van der Waals surface area contributed by atoms with Gasteiger partial charge in [0.15, 0.2) is 4.96 Å². The molecule has 1 atom stereocenters. The Labute approximate surface area is 121 Å². The molecule has 1 unspecified atom stereocenters. The number of aromatic nitrogens is 2. The molecule has 1 amide bonds. The van der Waals surface area contributed by atoms with Crippen molar-refractivity contribution in [1.82, 2.24) is 14.3 Å². The van der Waals surface area contributed by atoms with Crippen molar-refractivity contribution in [1.29, 1.82) is 0 Å². The highest BCUT2D eigenvalue weighted by Crippen LogP contribution is 2.26. The first-order valence-electron chi connectivity index (χ1n) is 6.09. The Hall–Kier alpha value is -2.29. The Morgan fingerprint density at radius 1 is 1.48 bits per heavy atom. The van der Waals surface area contributed by atoms with Crippen LogP contribution in [-0.4, -0.2) is 50.0 Å². The van der Waals surface area contributed by atoms with Crippen molar-refractivity contribution in [2.24, 2.45) is 0 Å². The molecule has 1 aliphatic rings. The van der Waals surface area contributed by atoms with Crippen LogP contribution < -0.4 is 5.56 Å². The van der Waals surface area contributed by atoms with Gasteiger partial charge in [0.1, 0.15) is 5.56 Å². The fraction of sp³-hybridized carbons (Fsp3) is 0.333. The van der Waals surface area contributed by atoms with Gasteiger partial charge in [-0.05, 0) is 0 Å². The van der Waals surface area contributed by atoms with Gasteiger partial charge in [-0.1, -0.05) is 0 Å². The number of halogens is 1. The van der Waals surface area contributed by atoms with Crippen LogP contribution in [0.2, 0.25) is 0 Å². The zero-order valence-electron chi connectivity index (χ0n) is 10.7. The Morgan fingerprint density at radius 3 is 2.90 bits per heavy atom. The van der Waals surface area contributed by atoms with Gasteiger partial charge in [0.2, 0.25) is 5.67 Å². The topological polar surface area (TPSA) is 92.0 Å². The highest BCUT2D eigenvalue weighted by atomic mass is 32.1. The van der Waals surface area contributed by atoms with Gasteiger partial charge in [-0.25, -0.2) is 14.2 Å². The molecule has 1 aliphatic heterocycles. The minimum Gasteiger partial charge on any atom is -0.479 e. The summed E-state index contributed by atoms with van der Waals surface area (Å²) in [5.41, 5.74) is -3.19. The number of likely N-dealkylation sites (tertiary alicyclic amines) is 1. The molecule has 110 valence electrons. The first kappa shape index (κ1) is 13.7. The number of fused-ring (bicyclic) bond motifs is 1. The molecule has 0 bridgehead atoms. The smallest absolute Gasteiger partial charge is 0.343 e. The van der Waals surface area contributed by atoms with Crippen molar-refractivity contribution in [3.05, 3.63) is 33.7 Å². The fourth-order valence-electron chi connectivity index (χ4n) is 2.26. The summed E-state index contributed by atoms with van der Waals surface area (Å²) in [6, 6.07) is 0. The fourth-order valence-corrected chi connectivity index (χ4v) is 2.94. The van der Waals surface area contributed by atoms with Gasteiger partial charge in [-0.15, -0.1) is 11.3 Å². The lowest BCUT2D eigenvalue weighted by Crippen LogP contribution is -2.40. The average molecular weight is 311 g/mol. The Bertz CT molecular complexity index is 801. The maximum atomic E-state index is 14.0. The summed E-state index contributed by atoms with van der Waals surface area (Å²) in [5.74, 6) is -2.30. The molecule has 1 fully saturated rings. The zero-order valence-corrected chi connectivity index (χ0v) is 11.5. The molecule has 3 heterocycles. The number of carboxylic acids is 1. The van der Waals surface area contributed by atoms with Gasteiger partial charge >= 0.3 is 5.97 Å². The van der Waals surface area contributed by atoms with E-state index in [-0.39, 0.29) is 18.5 Å². The number of aliphatic carboxylic acids is 1. The molecule has 0 aromatic carbocycles. The van der Waals surface area contributed by atoms with E-state index in [0.29, 0.717) is 4.96 Å². The maximum absolute atomic E-state index is 14.0. The second kappa shape index (κ2) is 4.62. The molecule has 3 rings (SSSR count). The number of alkyl halides is 1. The Kier molecular flexibility index (Phi) is 3.01. The van der Waals surface area contributed by atoms with Crippen LogP contribution in [0.3, 0.4) is 0 Å². The third-order valence-electron chi connectivity index (χ3n) is 3.46. The minimum atomic E-state index is -2.45. The van der Waals surface area contributed by atoms with Gasteiger partial charge in [-0.3, -0.25) is 14.0 Å². The molecule has 9 heteroatoms. The SMILES string of the molecule is O=C(c1cnc2sccn2c1=O)N1CCC(F)(C(=O)O)C1. The summed E-state index contributed by atoms with van der Waals surface area (Å²) in [4.78, 5) is 40.7. The van der Waals surface area contributed by atoms with E-state index in [2.05, 4.69) is 4.98 Å². The summed E-state index contributed by atoms with van der Waals surface area (Å²) in [6.45, 7) is -0.611. The van der Waals surface area contributed by atoms with Crippen LogP contribution in [-0.2, 0) is 4.79 Å². The molecule has 21 heavy (non-hydrogen) atoms. The molecule has 0 aliphatic carbocycles. The van der Waals surface area contributed by atoms with Crippen LogP contribution in [0.1, 0.15) is 16.8 Å². The third kappa shape index (κ3) is 2.09. The molecule has 7 nitrogen and oxygen atoms in total. The van der Waals surface area contributed by atoms with Crippen LogP contribution in [0, 0.1) is 0 Å². The Balaban J connectivity index is 1.93. The summed E-state index contributed by atoms with van der Waals surface area (Å²) >= 11 is 1.25. The van der Waals surface area contributed by atoms with Crippen molar-refractivity contribution in [2.45, 2.75) is 12.1 Å². The summed E-state index contributed by atoms with van der Waals surface area (Å²) in [5, 5.41) is 10.5. The lowest BCUT2D eigenvalue weighted by molar-refractivity contribution is -0.149. The predicted molar refractivity (Wildman–Crippen MR) is 71.3 cm³/mol. The van der Waals surface area contributed by atoms with Gasteiger partial charge in [0.25, 0.3) is 11.5 Å². The number of carboxylic acid groups (broad SMARTS) is 1. The highest BCUT2D eigenvalue weighted by Gasteiger charge is 2.47. The predicted octanol–water partition coefficient (Wildman–Crippen LogP) is 0.395. The summed E-state index contributed by atoms with van der Waals surface area (Å²) < 4.78 is 15.2. The van der Waals surface area contributed by atoms with E-state index in [0.717, 1.165) is 11.1 Å². The number of carbonyl (C=O) groups excluding carboxylic acids is 1. The lowest BCUT2D eigenvalue weighted by Gasteiger charge is -2.17. The van der Waals surface area contributed by atoms with Crippen molar-refractivity contribution < 1.29 is 19.1 Å². The quantitative estimate of drug-likeness (QED) is 0.866.